The number of carbonyl (C=O) groups excluding carboxylic acids is 1. The summed E-state index contributed by atoms with van der Waals surface area (Å²) in [7, 11) is 1.72. The standard InChI is InChI=1S/C17H21N5O2/c1-3-22-11-12(24-14-7-5-4-6-13(14)22)10-21(2)17(23)15-16(18)20-9-8-19-15/h4-9,12H,3,10-11H2,1-2H3,(H2,18,20)/t12-/m1/s1. The lowest BCUT2D eigenvalue weighted by molar-refractivity contribution is 0.0704. The summed E-state index contributed by atoms with van der Waals surface area (Å²) < 4.78 is 6.05. The van der Waals surface area contributed by atoms with E-state index in [1.54, 1.807) is 11.9 Å². The third-order valence-electron chi connectivity index (χ3n) is 4.06. The molecule has 2 heterocycles. The minimum atomic E-state index is -0.258. The summed E-state index contributed by atoms with van der Waals surface area (Å²) in [5, 5.41) is 0. The monoisotopic (exact) mass is 327 g/mol. The van der Waals surface area contributed by atoms with Crippen LogP contribution in [0.4, 0.5) is 11.5 Å². The number of fused-ring (bicyclic) bond motifs is 1. The first kappa shape index (κ1) is 16.0. The number of amides is 1. The number of benzene rings is 1. The first-order valence-corrected chi connectivity index (χ1v) is 7.92. The number of hydrogen-bond acceptors (Lipinski definition) is 6. The molecule has 0 spiro atoms. The average Bonchev–Trinajstić information content (AvgIpc) is 2.60. The molecule has 2 aromatic rings. The Hall–Kier alpha value is -2.83. The second-order valence-corrected chi connectivity index (χ2v) is 5.72. The van der Waals surface area contributed by atoms with Crippen LogP contribution >= 0.6 is 0 Å². The molecule has 0 bridgehead atoms. The van der Waals surface area contributed by atoms with Gasteiger partial charge in [-0.05, 0) is 19.1 Å². The predicted molar refractivity (Wildman–Crippen MR) is 92.1 cm³/mol. The highest BCUT2D eigenvalue weighted by atomic mass is 16.5. The van der Waals surface area contributed by atoms with Crippen molar-refractivity contribution in [1.82, 2.24) is 14.9 Å². The van der Waals surface area contributed by atoms with E-state index in [1.165, 1.54) is 12.4 Å². The number of ether oxygens (including phenoxy) is 1. The maximum atomic E-state index is 12.5. The molecule has 1 atom stereocenters. The van der Waals surface area contributed by atoms with Gasteiger partial charge in [-0.1, -0.05) is 12.1 Å². The Balaban J connectivity index is 1.72. The van der Waals surface area contributed by atoms with Crippen molar-refractivity contribution in [3.63, 3.8) is 0 Å². The zero-order valence-corrected chi connectivity index (χ0v) is 13.8. The number of nitrogens with two attached hydrogens (primary N) is 1. The van der Waals surface area contributed by atoms with Crippen molar-refractivity contribution >= 4 is 17.4 Å². The molecule has 0 unspecified atom stereocenters. The van der Waals surface area contributed by atoms with Crippen LogP contribution < -0.4 is 15.4 Å². The zero-order chi connectivity index (χ0) is 17.1. The lowest BCUT2D eigenvalue weighted by atomic mass is 10.1. The molecule has 7 nitrogen and oxygen atoms in total. The van der Waals surface area contributed by atoms with Crippen LogP contribution in [0.15, 0.2) is 36.7 Å². The summed E-state index contributed by atoms with van der Waals surface area (Å²) in [6.45, 7) is 4.15. The van der Waals surface area contributed by atoms with Gasteiger partial charge >= 0.3 is 0 Å². The molecule has 1 aromatic carbocycles. The maximum Gasteiger partial charge on any atom is 0.276 e. The fourth-order valence-electron chi connectivity index (χ4n) is 2.86. The lowest BCUT2D eigenvalue weighted by Crippen LogP contribution is -2.47. The third kappa shape index (κ3) is 3.10. The quantitative estimate of drug-likeness (QED) is 0.914. The summed E-state index contributed by atoms with van der Waals surface area (Å²) in [5.74, 6) is 0.723. The second kappa shape index (κ2) is 6.74. The number of para-hydroxylation sites is 2. The molecule has 1 aliphatic heterocycles. The van der Waals surface area contributed by atoms with Crippen molar-refractivity contribution in [2.45, 2.75) is 13.0 Å². The molecule has 1 aromatic heterocycles. The molecule has 0 saturated heterocycles. The van der Waals surface area contributed by atoms with E-state index in [0.717, 1.165) is 24.5 Å². The first-order chi connectivity index (χ1) is 11.6. The first-order valence-electron chi connectivity index (χ1n) is 7.92. The number of hydrogen-bond donors (Lipinski definition) is 1. The summed E-state index contributed by atoms with van der Waals surface area (Å²) in [4.78, 5) is 24.3. The molecule has 0 saturated carbocycles. The van der Waals surface area contributed by atoms with E-state index in [9.17, 15) is 4.79 Å². The van der Waals surface area contributed by atoms with E-state index >= 15 is 0 Å². The van der Waals surface area contributed by atoms with Gasteiger partial charge in [-0.2, -0.15) is 0 Å². The van der Waals surface area contributed by atoms with Crippen LogP contribution in [0.1, 0.15) is 17.4 Å². The van der Waals surface area contributed by atoms with Crippen LogP contribution in [-0.2, 0) is 0 Å². The fraction of sp³-hybridized carbons (Fsp3) is 0.353. The van der Waals surface area contributed by atoms with Crippen LogP contribution in [0.3, 0.4) is 0 Å². The number of likely N-dealkylation sites (N-methyl/N-ethyl adjacent to an activating group) is 2. The van der Waals surface area contributed by atoms with E-state index in [-0.39, 0.29) is 23.5 Å². The van der Waals surface area contributed by atoms with Crippen molar-refractivity contribution in [1.29, 1.82) is 0 Å². The Morgan fingerprint density at radius 2 is 2.12 bits per heavy atom. The van der Waals surface area contributed by atoms with Gasteiger partial charge in [0.1, 0.15) is 11.9 Å². The van der Waals surface area contributed by atoms with Crippen molar-refractivity contribution in [2.24, 2.45) is 0 Å². The molecule has 7 heteroatoms. The molecular weight excluding hydrogens is 306 g/mol. The van der Waals surface area contributed by atoms with E-state index in [4.69, 9.17) is 10.5 Å². The Bertz CT molecular complexity index is 736. The Morgan fingerprint density at radius 3 is 2.88 bits per heavy atom. The molecule has 3 rings (SSSR count). The van der Waals surface area contributed by atoms with Gasteiger partial charge in [0.05, 0.1) is 18.8 Å². The van der Waals surface area contributed by atoms with Gasteiger partial charge in [-0.3, -0.25) is 4.79 Å². The molecule has 0 radical (unpaired) electrons. The topological polar surface area (TPSA) is 84.6 Å². The summed E-state index contributed by atoms with van der Waals surface area (Å²) in [6, 6.07) is 7.94. The normalized spacial score (nSPS) is 16.2. The number of carbonyl (C=O) groups is 1. The van der Waals surface area contributed by atoms with Gasteiger partial charge in [0, 0.05) is 26.0 Å². The highest BCUT2D eigenvalue weighted by Crippen LogP contribution is 2.32. The van der Waals surface area contributed by atoms with Crippen LogP contribution in [0.25, 0.3) is 0 Å². The van der Waals surface area contributed by atoms with Crippen LogP contribution in [0, 0.1) is 0 Å². The number of aromatic nitrogens is 2. The number of nitrogens with zero attached hydrogens (tertiary/aromatic N) is 4. The molecule has 126 valence electrons. The highest BCUT2D eigenvalue weighted by Gasteiger charge is 2.27. The van der Waals surface area contributed by atoms with E-state index in [2.05, 4.69) is 21.8 Å². The third-order valence-corrected chi connectivity index (χ3v) is 4.06. The SMILES string of the molecule is CCN1C[C@@H](CN(C)C(=O)c2nccnc2N)Oc2ccccc21. The van der Waals surface area contributed by atoms with Gasteiger partial charge < -0.3 is 20.3 Å². The Kier molecular flexibility index (Phi) is 4.50. The molecule has 1 aliphatic rings. The minimum absolute atomic E-state index is 0.119. The van der Waals surface area contributed by atoms with Crippen LogP contribution in [0.5, 0.6) is 5.75 Å². The van der Waals surface area contributed by atoms with E-state index in [0.29, 0.717) is 6.54 Å². The Labute approximate surface area is 141 Å². The van der Waals surface area contributed by atoms with E-state index < -0.39 is 0 Å². The average molecular weight is 327 g/mol. The van der Waals surface area contributed by atoms with E-state index in [1.807, 2.05) is 24.3 Å². The molecule has 2 N–H and O–H groups in total. The largest absolute Gasteiger partial charge is 0.485 e. The van der Waals surface area contributed by atoms with Crippen LogP contribution in [0.2, 0.25) is 0 Å². The predicted octanol–water partition coefficient (Wildman–Crippen LogP) is 1.42. The zero-order valence-electron chi connectivity index (χ0n) is 13.8. The van der Waals surface area contributed by atoms with Crippen LogP contribution in [-0.4, -0.2) is 53.6 Å². The van der Waals surface area contributed by atoms with Crippen molar-refractivity contribution < 1.29 is 9.53 Å². The summed E-state index contributed by atoms with van der Waals surface area (Å²) >= 11 is 0. The minimum Gasteiger partial charge on any atom is -0.485 e. The molecule has 24 heavy (non-hydrogen) atoms. The summed E-state index contributed by atoms with van der Waals surface area (Å²) in [6.07, 6.45) is 2.81. The van der Waals surface area contributed by atoms with Gasteiger partial charge in [0.2, 0.25) is 0 Å². The second-order valence-electron chi connectivity index (χ2n) is 5.72. The Morgan fingerprint density at radius 1 is 1.38 bits per heavy atom. The maximum absolute atomic E-state index is 12.5. The molecule has 0 fully saturated rings. The fourth-order valence-corrected chi connectivity index (χ4v) is 2.86. The lowest BCUT2D eigenvalue weighted by Gasteiger charge is -2.37. The van der Waals surface area contributed by atoms with Gasteiger partial charge in [-0.15, -0.1) is 0 Å². The van der Waals surface area contributed by atoms with Gasteiger partial charge in [-0.25, -0.2) is 9.97 Å². The summed E-state index contributed by atoms with van der Waals surface area (Å²) in [5.41, 5.74) is 7.00. The molecule has 0 aliphatic carbocycles. The highest BCUT2D eigenvalue weighted by molar-refractivity contribution is 5.96. The van der Waals surface area contributed by atoms with Crippen molar-refractivity contribution in [3.05, 3.63) is 42.4 Å². The number of anilines is 2. The smallest absolute Gasteiger partial charge is 0.276 e. The van der Waals surface area contributed by atoms with Gasteiger partial charge in [0.25, 0.3) is 5.91 Å². The molecule has 1 amide bonds. The van der Waals surface area contributed by atoms with Crippen molar-refractivity contribution in [3.8, 4) is 5.75 Å². The van der Waals surface area contributed by atoms with Gasteiger partial charge in [0.15, 0.2) is 11.5 Å². The van der Waals surface area contributed by atoms with Crippen molar-refractivity contribution in [2.75, 3.05) is 37.3 Å². The molecular formula is C17H21N5O2. The number of nitrogen functional groups attached to an aromatic ring is 1. The number of rotatable bonds is 4.